The highest BCUT2D eigenvalue weighted by Gasteiger charge is 2.18. The van der Waals surface area contributed by atoms with Gasteiger partial charge in [0.05, 0.1) is 0 Å². The van der Waals surface area contributed by atoms with Crippen LogP contribution in [0.4, 0.5) is 5.69 Å². The van der Waals surface area contributed by atoms with Crippen molar-refractivity contribution in [2.75, 3.05) is 5.32 Å². The van der Waals surface area contributed by atoms with Crippen LogP contribution in [0.1, 0.15) is 24.8 Å². The maximum Gasteiger partial charge on any atom is 0.227 e. The van der Waals surface area contributed by atoms with Crippen LogP contribution in [0.5, 0.6) is 0 Å². The molecule has 2 rings (SSSR count). The minimum atomic E-state index is 0.145. The fourth-order valence-corrected chi connectivity index (χ4v) is 1.91. The molecule has 0 saturated heterocycles. The number of carbonyl (C=O) groups is 1. The first-order valence-electron chi connectivity index (χ1n) is 5.78. The molecule has 0 saturated carbocycles. The normalized spacial score (nSPS) is 19.4. The molecule has 1 amide bonds. The molecule has 1 unspecified atom stereocenters. The summed E-state index contributed by atoms with van der Waals surface area (Å²) in [5, 5.41) is 2.97. The zero-order valence-corrected chi connectivity index (χ0v) is 9.57. The molecule has 1 aromatic rings. The largest absolute Gasteiger partial charge is 0.326 e. The summed E-state index contributed by atoms with van der Waals surface area (Å²) in [6.45, 7) is 2.04. The highest BCUT2D eigenvalue weighted by molar-refractivity contribution is 5.92. The molecule has 0 heterocycles. The summed E-state index contributed by atoms with van der Waals surface area (Å²) in [4.78, 5) is 11.9. The molecular formula is C14H17NO. The van der Waals surface area contributed by atoms with Gasteiger partial charge in [-0.25, -0.2) is 0 Å². The van der Waals surface area contributed by atoms with Gasteiger partial charge in [0, 0.05) is 11.6 Å². The van der Waals surface area contributed by atoms with E-state index in [2.05, 4.69) is 17.5 Å². The van der Waals surface area contributed by atoms with E-state index in [1.165, 1.54) is 5.56 Å². The minimum Gasteiger partial charge on any atom is -0.326 e. The van der Waals surface area contributed by atoms with Crippen LogP contribution < -0.4 is 5.32 Å². The summed E-state index contributed by atoms with van der Waals surface area (Å²) >= 11 is 0. The lowest BCUT2D eigenvalue weighted by Crippen LogP contribution is -2.23. The number of hydrogen-bond donors (Lipinski definition) is 1. The van der Waals surface area contributed by atoms with E-state index in [9.17, 15) is 4.79 Å². The van der Waals surface area contributed by atoms with Crippen molar-refractivity contribution in [1.29, 1.82) is 0 Å². The van der Waals surface area contributed by atoms with Crippen LogP contribution in [-0.2, 0) is 4.79 Å². The average Bonchev–Trinajstić information content (AvgIpc) is 2.33. The van der Waals surface area contributed by atoms with Gasteiger partial charge in [-0.05, 0) is 38.3 Å². The highest BCUT2D eigenvalue weighted by atomic mass is 16.1. The van der Waals surface area contributed by atoms with E-state index in [1.54, 1.807) is 0 Å². The highest BCUT2D eigenvalue weighted by Crippen LogP contribution is 2.20. The van der Waals surface area contributed by atoms with Crippen LogP contribution in [0.15, 0.2) is 36.4 Å². The van der Waals surface area contributed by atoms with Gasteiger partial charge >= 0.3 is 0 Å². The molecule has 0 aromatic heterocycles. The Labute approximate surface area is 96.4 Å². The molecule has 1 aromatic carbocycles. The molecule has 2 heteroatoms. The van der Waals surface area contributed by atoms with E-state index in [-0.39, 0.29) is 11.8 Å². The fraction of sp³-hybridized carbons (Fsp3) is 0.357. The van der Waals surface area contributed by atoms with Crippen LogP contribution in [0, 0.1) is 12.8 Å². The predicted molar refractivity (Wildman–Crippen MR) is 66.3 cm³/mol. The van der Waals surface area contributed by atoms with Crippen molar-refractivity contribution in [3.63, 3.8) is 0 Å². The first kappa shape index (κ1) is 10.9. The van der Waals surface area contributed by atoms with Crippen LogP contribution in [-0.4, -0.2) is 5.91 Å². The van der Waals surface area contributed by atoms with Crippen molar-refractivity contribution in [2.45, 2.75) is 26.2 Å². The Bertz CT molecular complexity index is 392. The van der Waals surface area contributed by atoms with Gasteiger partial charge in [0.2, 0.25) is 5.91 Å². The Morgan fingerprint density at radius 1 is 1.25 bits per heavy atom. The van der Waals surface area contributed by atoms with Crippen molar-refractivity contribution < 1.29 is 4.79 Å². The van der Waals surface area contributed by atoms with E-state index in [4.69, 9.17) is 0 Å². The van der Waals surface area contributed by atoms with Crippen LogP contribution in [0.3, 0.4) is 0 Å². The van der Waals surface area contributed by atoms with Crippen molar-refractivity contribution in [2.24, 2.45) is 5.92 Å². The first-order valence-corrected chi connectivity index (χ1v) is 5.78. The average molecular weight is 215 g/mol. The Morgan fingerprint density at radius 3 is 2.62 bits per heavy atom. The second-order valence-corrected chi connectivity index (χ2v) is 4.34. The third kappa shape index (κ3) is 2.72. The lowest BCUT2D eigenvalue weighted by molar-refractivity contribution is -0.120. The summed E-state index contributed by atoms with van der Waals surface area (Å²) in [5.74, 6) is 0.291. The number of rotatable bonds is 2. The number of anilines is 1. The number of allylic oxidation sites excluding steroid dienone is 2. The number of nitrogens with one attached hydrogen (secondary N) is 1. The Morgan fingerprint density at radius 2 is 2.00 bits per heavy atom. The maximum absolute atomic E-state index is 11.9. The summed E-state index contributed by atoms with van der Waals surface area (Å²) in [6.07, 6.45) is 7.11. The van der Waals surface area contributed by atoms with Gasteiger partial charge in [-0.3, -0.25) is 4.79 Å². The van der Waals surface area contributed by atoms with Crippen molar-refractivity contribution in [3.8, 4) is 0 Å². The Hall–Kier alpha value is -1.57. The number of benzene rings is 1. The quantitative estimate of drug-likeness (QED) is 0.753. The lowest BCUT2D eigenvalue weighted by atomic mass is 9.93. The van der Waals surface area contributed by atoms with E-state index in [0.29, 0.717) is 0 Å². The molecule has 16 heavy (non-hydrogen) atoms. The van der Waals surface area contributed by atoms with E-state index >= 15 is 0 Å². The number of amides is 1. The third-order valence-electron chi connectivity index (χ3n) is 2.96. The second-order valence-electron chi connectivity index (χ2n) is 4.34. The molecule has 1 aliphatic rings. The number of hydrogen-bond acceptors (Lipinski definition) is 1. The van der Waals surface area contributed by atoms with E-state index in [0.717, 1.165) is 24.9 Å². The molecule has 0 fully saturated rings. The molecule has 1 aliphatic carbocycles. The van der Waals surface area contributed by atoms with Gasteiger partial charge in [0.1, 0.15) is 0 Å². The molecule has 0 aliphatic heterocycles. The van der Waals surface area contributed by atoms with Gasteiger partial charge in [-0.15, -0.1) is 0 Å². The molecule has 0 radical (unpaired) electrons. The van der Waals surface area contributed by atoms with E-state index < -0.39 is 0 Å². The monoisotopic (exact) mass is 215 g/mol. The van der Waals surface area contributed by atoms with Crippen molar-refractivity contribution in [3.05, 3.63) is 42.0 Å². The Kier molecular flexibility index (Phi) is 3.40. The van der Waals surface area contributed by atoms with Gasteiger partial charge in [-0.1, -0.05) is 29.8 Å². The van der Waals surface area contributed by atoms with Gasteiger partial charge in [0.15, 0.2) is 0 Å². The summed E-state index contributed by atoms with van der Waals surface area (Å²) in [7, 11) is 0. The summed E-state index contributed by atoms with van der Waals surface area (Å²) in [5.41, 5.74) is 2.10. The first-order chi connectivity index (χ1) is 7.75. The maximum atomic E-state index is 11.9. The topological polar surface area (TPSA) is 29.1 Å². The van der Waals surface area contributed by atoms with Gasteiger partial charge < -0.3 is 5.32 Å². The zero-order valence-electron chi connectivity index (χ0n) is 9.57. The van der Waals surface area contributed by atoms with Gasteiger partial charge in [0.25, 0.3) is 0 Å². The van der Waals surface area contributed by atoms with Crippen LogP contribution in [0.25, 0.3) is 0 Å². The molecule has 1 N–H and O–H groups in total. The number of carbonyl (C=O) groups excluding carboxylic acids is 1. The van der Waals surface area contributed by atoms with Crippen molar-refractivity contribution in [1.82, 2.24) is 0 Å². The SMILES string of the molecule is Cc1ccc(NC(=O)C2CC=CCC2)cc1. The third-order valence-corrected chi connectivity index (χ3v) is 2.96. The standard InChI is InChI=1S/C14H17NO/c1-11-7-9-13(10-8-11)15-14(16)12-5-3-2-4-6-12/h2-3,7-10,12H,4-6H2,1H3,(H,15,16). The molecule has 0 bridgehead atoms. The zero-order chi connectivity index (χ0) is 11.4. The van der Waals surface area contributed by atoms with Crippen LogP contribution >= 0.6 is 0 Å². The Balaban J connectivity index is 1.96. The minimum absolute atomic E-state index is 0.145. The lowest BCUT2D eigenvalue weighted by Gasteiger charge is -2.17. The molecule has 1 atom stereocenters. The fourth-order valence-electron chi connectivity index (χ4n) is 1.91. The van der Waals surface area contributed by atoms with Crippen molar-refractivity contribution >= 4 is 11.6 Å². The smallest absolute Gasteiger partial charge is 0.227 e. The van der Waals surface area contributed by atoms with Crippen LogP contribution in [0.2, 0.25) is 0 Å². The molecule has 0 spiro atoms. The van der Waals surface area contributed by atoms with Gasteiger partial charge in [-0.2, -0.15) is 0 Å². The second kappa shape index (κ2) is 4.97. The molecule has 2 nitrogen and oxygen atoms in total. The summed E-state index contributed by atoms with van der Waals surface area (Å²) < 4.78 is 0. The molecular weight excluding hydrogens is 198 g/mol. The number of aryl methyl sites for hydroxylation is 1. The summed E-state index contributed by atoms with van der Waals surface area (Å²) in [6, 6.07) is 7.92. The molecule has 84 valence electrons. The van der Waals surface area contributed by atoms with E-state index in [1.807, 2.05) is 31.2 Å². The predicted octanol–water partition coefficient (Wildman–Crippen LogP) is 3.29.